The fourth-order valence-corrected chi connectivity index (χ4v) is 3.45. The molecular weight excluding hydrogens is 324 g/mol. The highest BCUT2D eigenvalue weighted by molar-refractivity contribution is 7.80. The van der Waals surface area contributed by atoms with Crippen molar-refractivity contribution >= 4 is 12.6 Å². The molecule has 146 valence electrons. The first-order valence-corrected chi connectivity index (χ1v) is 10.2. The highest BCUT2D eigenvalue weighted by Gasteiger charge is 2.38. The largest absolute Gasteiger partial charge is 0.382 e. The first-order valence-electron chi connectivity index (χ1n) is 9.57. The van der Waals surface area contributed by atoms with Crippen molar-refractivity contribution < 1.29 is 18.9 Å². The monoisotopic (exact) mass is 364 g/mol. The molecule has 0 amide bonds. The van der Waals surface area contributed by atoms with Crippen molar-refractivity contribution in [2.24, 2.45) is 5.92 Å². The van der Waals surface area contributed by atoms with E-state index in [2.05, 4.69) is 26.5 Å². The summed E-state index contributed by atoms with van der Waals surface area (Å²) in [5.41, 5.74) is 0. The molecule has 0 spiro atoms. The summed E-state index contributed by atoms with van der Waals surface area (Å²) in [4.78, 5) is 0. The zero-order valence-electron chi connectivity index (χ0n) is 16.3. The Morgan fingerprint density at radius 1 is 0.792 bits per heavy atom. The van der Waals surface area contributed by atoms with E-state index in [-0.39, 0.29) is 5.92 Å². The second-order valence-electron chi connectivity index (χ2n) is 6.28. The predicted octanol–water partition coefficient (Wildman–Crippen LogP) is 4.72. The average molecular weight is 365 g/mol. The highest BCUT2D eigenvalue weighted by Crippen LogP contribution is 2.33. The van der Waals surface area contributed by atoms with Crippen molar-refractivity contribution in [2.75, 3.05) is 46.4 Å². The number of hydrogen-bond donors (Lipinski definition) is 1. The van der Waals surface area contributed by atoms with Gasteiger partial charge >= 0.3 is 0 Å². The summed E-state index contributed by atoms with van der Waals surface area (Å²) >= 11 is 4.59. The summed E-state index contributed by atoms with van der Waals surface area (Å²) in [5.74, 6) is 0.469. The lowest BCUT2D eigenvalue weighted by Gasteiger charge is -2.39. The molecular formula is C19H40O4S. The van der Waals surface area contributed by atoms with Crippen molar-refractivity contribution in [1.82, 2.24) is 0 Å². The van der Waals surface area contributed by atoms with Crippen LogP contribution in [0.5, 0.6) is 0 Å². The van der Waals surface area contributed by atoms with Gasteiger partial charge in [-0.1, -0.05) is 52.4 Å². The molecule has 0 aromatic heterocycles. The minimum Gasteiger partial charge on any atom is -0.382 e. The Morgan fingerprint density at radius 2 is 1.33 bits per heavy atom. The average Bonchev–Trinajstić information content (AvgIpc) is 2.60. The van der Waals surface area contributed by atoms with Crippen LogP contribution in [0, 0.1) is 5.92 Å². The third-order valence-corrected chi connectivity index (χ3v) is 4.95. The maximum Gasteiger partial charge on any atom is 0.171 e. The maximum atomic E-state index is 6.16. The van der Waals surface area contributed by atoms with Gasteiger partial charge in [0.25, 0.3) is 0 Å². The zero-order chi connectivity index (χ0) is 18.1. The molecule has 4 nitrogen and oxygen atoms in total. The molecule has 0 radical (unpaired) electrons. The van der Waals surface area contributed by atoms with Crippen molar-refractivity contribution in [1.29, 1.82) is 0 Å². The van der Waals surface area contributed by atoms with Crippen LogP contribution in [0.15, 0.2) is 0 Å². The standard InChI is InChI=1S/C19H40O4S/c1-5-7-8-9-10-11-12-18(17-24)19(6-2,22-15-13-20-3)23-16-14-21-4/h18,24H,5-17H2,1-4H3. The van der Waals surface area contributed by atoms with Gasteiger partial charge in [0.1, 0.15) is 0 Å². The summed E-state index contributed by atoms with van der Waals surface area (Å²) < 4.78 is 22.6. The Labute approximate surface area is 155 Å². The summed E-state index contributed by atoms with van der Waals surface area (Å²) in [5, 5.41) is 0. The van der Waals surface area contributed by atoms with E-state index in [1.807, 2.05) is 0 Å². The molecule has 24 heavy (non-hydrogen) atoms. The molecule has 0 rings (SSSR count). The van der Waals surface area contributed by atoms with Crippen molar-refractivity contribution in [3.05, 3.63) is 0 Å². The van der Waals surface area contributed by atoms with Crippen LogP contribution in [0.1, 0.15) is 65.2 Å². The predicted molar refractivity (Wildman–Crippen MR) is 104 cm³/mol. The van der Waals surface area contributed by atoms with Crippen LogP contribution in [0.3, 0.4) is 0 Å². The number of rotatable bonds is 18. The van der Waals surface area contributed by atoms with Gasteiger partial charge in [-0.2, -0.15) is 12.6 Å². The Bertz CT molecular complexity index is 254. The van der Waals surface area contributed by atoms with Gasteiger partial charge in [0.2, 0.25) is 0 Å². The molecule has 0 bridgehead atoms. The Hall–Kier alpha value is 0.190. The van der Waals surface area contributed by atoms with E-state index in [0.717, 1.165) is 18.6 Å². The van der Waals surface area contributed by atoms with Crippen LogP contribution in [0.2, 0.25) is 0 Å². The van der Waals surface area contributed by atoms with E-state index in [4.69, 9.17) is 18.9 Å². The lowest BCUT2D eigenvalue weighted by Crippen LogP contribution is -2.45. The van der Waals surface area contributed by atoms with Gasteiger partial charge in [0.15, 0.2) is 5.79 Å². The Morgan fingerprint density at radius 3 is 1.79 bits per heavy atom. The van der Waals surface area contributed by atoms with Crippen LogP contribution in [-0.2, 0) is 18.9 Å². The zero-order valence-corrected chi connectivity index (χ0v) is 17.2. The highest BCUT2D eigenvalue weighted by atomic mass is 32.1. The fourth-order valence-electron chi connectivity index (χ4n) is 2.99. The Balaban J connectivity index is 4.57. The molecule has 0 heterocycles. The molecule has 1 atom stereocenters. The van der Waals surface area contributed by atoms with E-state index < -0.39 is 5.79 Å². The fraction of sp³-hybridized carbons (Fsp3) is 1.00. The number of unbranched alkanes of at least 4 members (excludes halogenated alkanes) is 5. The van der Waals surface area contributed by atoms with E-state index in [1.54, 1.807) is 14.2 Å². The lowest BCUT2D eigenvalue weighted by molar-refractivity contribution is -0.272. The number of ether oxygens (including phenoxy) is 4. The van der Waals surface area contributed by atoms with E-state index in [1.165, 1.54) is 38.5 Å². The SMILES string of the molecule is CCCCCCCCC(CS)C(CC)(OCCOC)OCCOC. The van der Waals surface area contributed by atoms with Crippen LogP contribution in [0.25, 0.3) is 0 Å². The minimum atomic E-state index is -0.581. The van der Waals surface area contributed by atoms with Crippen LogP contribution in [-0.4, -0.2) is 52.2 Å². The van der Waals surface area contributed by atoms with E-state index in [9.17, 15) is 0 Å². The van der Waals surface area contributed by atoms with E-state index in [0.29, 0.717) is 26.4 Å². The van der Waals surface area contributed by atoms with Crippen molar-refractivity contribution in [3.8, 4) is 0 Å². The first-order chi connectivity index (χ1) is 11.7. The second kappa shape index (κ2) is 16.6. The molecule has 0 aromatic rings. The van der Waals surface area contributed by atoms with Crippen LogP contribution >= 0.6 is 12.6 Å². The molecule has 0 aliphatic rings. The summed E-state index contributed by atoms with van der Waals surface area (Å²) in [6.45, 7) is 6.60. The molecule has 0 aliphatic heterocycles. The van der Waals surface area contributed by atoms with Gasteiger partial charge in [-0.15, -0.1) is 0 Å². The molecule has 0 saturated heterocycles. The van der Waals surface area contributed by atoms with E-state index >= 15 is 0 Å². The van der Waals surface area contributed by atoms with Gasteiger partial charge < -0.3 is 18.9 Å². The maximum absolute atomic E-state index is 6.16. The third kappa shape index (κ3) is 10.2. The molecule has 0 N–H and O–H groups in total. The molecule has 0 aliphatic carbocycles. The summed E-state index contributed by atoms with van der Waals surface area (Å²) in [7, 11) is 3.38. The van der Waals surface area contributed by atoms with Gasteiger partial charge in [-0.05, 0) is 18.6 Å². The molecule has 0 aromatic carbocycles. The smallest absolute Gasteiger partial charge is 0.171 e. The van der Waals surface area contributed by atoms with Gasteiger partial charge in [0.05, 0.1) is 26.4 Å². The number of methoxy groups -OCH3 is 2. The normalized spacial score (nSPS) is 13.4. The molecule has 1 unspecified atom stereocenters. The molecule has 5 heteroatoms. The summed E-state index contributed by atoms with van der Waals surface area (Å²) in [6.07, 6.45) is 9.67. The lowest BCUT2D eigenvalue weighted by atomic mass is 9.91. The van der Waals surface area contributed by atoms with Crippen LogP contribution in [0.4, 0.5) is 0 Å². The molecule has 0 saturated carbocycles. The second-order valence-corrected chi connectivity index (χ2v) is 6.65. The van der Waals surface area contributed by atoms with Crippen LogP contribution < -0.4 is 0 Å². The first kappa shape index (κ1) is 24.2. The minimum absolute atomic E-state index is 0.283. The Kier molecular flexibility index (Phi) is 16.8. The van der Waals surface area contributed by atoms with Gasteiger partial charge in [-0.3, -0.25) is 0 Å². The van der Waals surface area contributed by atoms with Crippen molar-refractivity contribution in [3.63, 3.8) is 0 Å². The van der Waals surface area contributed by atoms with Gasteiger partial charge in [-0.25, -0.2) is 0 Å². The summed E-state index contributed by atoms with van der Waals surface area (Å²) in [6, 6.07) is 0. The topological polar surface area (TPSA) is 36.9 Å². The molecule has 0 fully saturated rings. The third-order valence-electron chi connectivity index (χ3n) is 4.51. The number of hydrogen-bond acceptors (Lipinski definition) is 5. The van der Waals surface area contributed by atoms with Crippen molar-refractivity contribution in [2.45, 2.75) is 71.0 Å². The van der Waals surface area contributed by atoms with Gasteiger partial charge in [0, 0.05) is 20.1 Å². The number of thiol groups is 1. The quantitative estimate of drug-likeness (QED) is 0.217.